The Morgan fingerprint density at radius 2 is 2.11 bits per heavy atom. The Morgan fingerprint density at radius 3 is 2.56 bits per heavy atom. The number of hydrogen-bond donors (Lipinski definition) is 1. The first-order valence-electron chi connectivity index (χ1n) is 2.65. The first kappa shape index (κ1) is 7.08. The fourth-order valence-corrected chi connectivity index (χ4v) is 1.40. The molecule has 3 heteroatoms. The number of aromatic hydroxyl groups is 1. The van der Waals surface area contributed by atoms with Gasteiger partial charge in [0, 0.05) is 10.2 Å². The number of benzene rings is 1. The summed E-state index contributed by atoms with van der Waals surface area (Å²) in [5, 5.41) is 10.3. The van der Waals surface area contributed by atoms with Crippen LogP contribution in [0.3, 0.4) is 0 Å². The zero-order valence-corrected chi connectivity index (χ0v) is 9.21. The molecule has 0 saturated carbocycles. The fourth-order valence-electron chi connectivity index (χ4n) is 0.623. The van der Waals surface area contributed by atoms with Crippen LogP contribution < -0.4 is 5.19 Å². The van der Waals surface area contributed by atoms with E-state index in [1.165, 1.54) is 5.19 Å². The molecule has 1 aromatic carbocycles. The van der Waals surface area contributed by atoms with E-state index in [9.17, 15) is 0 Å². The minimum Gasteiger partial charge on any atom is -0.507 e. The molecule has 0 unspecified atom stereocenters. The van der Waals surface area contributed by atoms with Crippen LogP contribution >= 0.6 is 22.6 Å². The molecule has 1 rings (SSSR count). The minimum absolute atomic E-state index is 0.406. The highest BCUT2D eigenvalue weighted by Gasteiger charge is 1.93. The molecule has 0 heterocycles. The fraction of sp³-hybridized carbons (Fsp3) is 0. The number of rotatable bonds is 0. The second-order valence-corrected chi connectivity index (χ2v) is 4.27. The predicted octanol–water partition coefficient (Wildman–Crippen LogP) is -0.0125. The molecule has 0 fully saturated rings. The summed E-state index contributed by atoms with van der Waals surface area (Å²) in [6.07, 6.45) is 0. The van der Waals surface area contributed by atoms with E-state index in [0.717, 1.165) is 13.8 Å². The monoisotopic (exact) mass is 250 g/mol. The third-order valence-corrected chi connectivity index (χ3v) is 2.64. The van der Waals surface area contributed by atoms with Crippen LogP contribution in [0.5, 0.6) is 5.75 Å². The molecule has 0 spiro atoms. The van der Waals surface area contributed by atoms with E-state index in [0.29, 0.717) is 5.75 Å². The Kier molecular flexibility index (Phi) is 2.12. The second-order valence-electron chi connectivity index (χ2n) is 1.95. The molecule has 0 aliphatic heterocycles. The summed E-state index contributed by atoms with van der Waals surface area (Å²) in [6.45, 7) is 0. The van der Waals surface area contributed by atoms with Gasteiger partial charge in [0.15, 0.2) is 0 Å². The topological polar surface area (TPSA) is 20.2 Å². The van der Waals surface area contributed by atoms with E-state index in [4.69, 9.17) is 5.11 Å². The number of phenolic OH excluding ortho intramolecular Hbond substituents is 1. The molecule has 1 aromatic rings. The first-order chi connectivity index (χ1) is 4.20. The van der Waals surface area contributed by atoms with Crippen LogP contribution in [0.15, 0.2) is 18.2 Å². The second kappa shape index (κ2) is 2.70. The van der Waals surface area contributed by atoms with E-state index in [1.807, 2.05) is 18.2 Å². The molecule has 0 aliphatic carbocycles. The standard InChI is InChI=1S/C6H7IOSi/c7-5-2-1-4(9)3-6(5)8/h1-3,8H,9H3. The molecule has 0 atom stereocenters. The smallest absolute Gasteiger partial charge is 0.128 e. The lowest BCUT2D eigenvalue weighted by Crippen LogP contribution is -1.99. The van der Waals surface area contributed by atoms with Gasteiger partial charge in [-0.15, -0.1) is 0 Å². The maximum atomic E-state index is 9.11. The van der Waals surface area contributed by atoms with Crippen LogP contribution in [-0.4, -0.2) is 15.3 Å². The van der Waals surface area contributed by atoms with Gasteiger partial charge in [-0.1, -0.05) is 11.3 Å². The molecule has 1 nitrogen and oxygen atoms in total. The van der Waals surface area contributed by atoms with Gasteiger partial charge < -0.3 is 5.11 Å². The van der Waals surface area contributed by atoms with Gasteiger partial charge in [-0.3, -0.25) is 0 Å². The van der Waals surface area contributed by atoms with E-state index in [1.54, 1.807) is 0 Å². The third-order valence-electron chi connectivity index (χ3n) is 1.10. The summed E-state index contributed by atoms with van der Waals surface area (Å²) < 4.78 is 0.923. The zero-order valence-electron chi connectivity index (χ0n) is 5.06. The molecule has 9 heavy (non-hydrogen) atoms. The quantitative estimate of drug-likeness (QED) is 0.507. The maximum Gasteiger partial charge on any atom is 0.128 e. The molecule has 1 N–H and O–H groups in total. The van der Waals surface area contributed by atoms with Crippen molar-refractivity contribution >= 4 is 38.0 Å². The van der Waals surface area contributed by atoms with Crippen LogP contribution in [0.4, 0.5) is 0 Å². The lowest BCUT2D eigenvalue weighted by Gasteiger charge is -1.95. The third kappa shape index (κ3) is 1.69. The largest absolute Gasteiger partial charge is 0.507 e. The molecule has 48 valence electrons. The Bertz CT molecular complexity index is 224. The number of halogens is 1. The Hall–Kier alpha value is -0.0331. The lowest BCUT2D eigenvalue weighted by molar-refractivity contribution is 0.472. The average molecular weight is 250 g/mol. The highest BCUT2D eigenvalue weighted by molar-refractivity contribution is 14.1. The average Bonchev–Trinajstić information content (AvgIpc) is 1.80. The highest BCUT2D eigenvalue weighted by Crippen LogP contribution is 2.15. The van der Waals surface area contributed by atoms with Gasteiger partial charge in [-0.25, -0.2) is 0 Å². The molecule has 0 bridgehead atoms. The van der Waals surface area contributed by atoms with Gasteiger partial charge >= 0.3 is 0 Å². The van der Waals surface area contributed by atoms with Gasteiger partial charge in [-0.05, 0) is 34.7 Å². The molecule has 0 aliphatic rings. The van der Waals surface area contributed by atoms with Crippen LogP contribution in [-0.2, 0) is 0 Å². The summed E-state index contributed by atoms with van der Waals surface area (Å²) in [5.74, 6) is 0.406. The summed E-state index contributed by atoms with van der Waals surface area (Å²) in [6, 6.07) is 5.78. The van der Waals surface area contributed by atoms with Gasteiger partial charge in [0.2, 0.25) is 0 Å². The maximum absolute atomic E-state index is 9.11. The number of hydrogen-bond acceptors (Lipinski definition) is 1. The van der Waals surface area contributed by atoms with Crippen molar-refractivity contribution in [2.24, 2.45) is 0 Å². The van der Waals surface area contributed by atoms with Gasteiger partial charge in [-0.2, -0.15) is 0 Å². The Morgan fingerprint density at radius 1 is 1.44 bits per heavy atom. The van der Waals surface area contributed by atoms with Crippen LogP contribution in [0.25, 0.3) is 0 Å². The van der Waals surface area contributed by atoms with Crippen molar-refractivity contribution in [1.82, 2.24) is 0 Å². The van der Waals surface area contributed by atoms with E-state index < -0.39 is 0 Å². The van der Waals surface area contributed by atoms with Gasteiger partial charge in [0.05, 0.1) is 3.57 Å². The van der Waals surface area contributed by atoms with Crippen molar-refractivity contribution in [2.45, 2.75) is 0 Å². The lowest BCUT2D eigenvalue weighted by atomic mass is 10.3. The SMILES string of the molecule is Oc1cc([SiH3])ccc1I. The first-order valence-corrected chi connectivity index (χ1v) is 4.73. The Balaban J connectivity index is 3.17. The summed E-state index contributed by atoms with van der Waals surface area (Å²) in [5.41, 5.74) is 0. The number of phenols is 1. The minimum atomic E-state index is 0.406. The molecular weight excluding hydrogens is 243 g/mol. The predicted molar refractivity (Wildman–Crippen MR) is 50.4 cm³/mol. The van der Waals surface area contributed by atoms with Crippen molar-refractivity contribution in [2.75, 3.05) is 0 Å². The van der Waals surface area contributed by atoms with Gasteiger partial charge in [0.1, 0.15) is 5.75 Å². The van der Waals surface area contributed by atoms with Crippen LogP contribution in [0, 0.1) is 3.57 Å². The molecule has 0 amide bonds. The summed E-state index contributed by atoms with van der Waals surface area (Å²) >= 11 is 2.11. The van der Waals surface area contributed by atoms with E-state index in [2.05, 4.69) is 22.6 Å². The summed E-state index contributed by atoms with van der Waals surface area (Å²) in [4.78, 5) is 0. The van der Waals surface area contributed by atoms with Crippen LogP contribution in [0.2, 0.25) is 0 Å². The molecule has 0 radical (unpaired) electrons. The van der Waals surface area contributed by atoms with Crippen molar-refractivity contribution in [3.8, 4) is 5.75 Å². The molecule has 0 saturated heterocycles. The Labute approximate surface area is 70.7 Å². The highest BCUT2D eigenvalue weighted by atomic mass is 127. The normalized spacial score (nSPS) is 9.89. The van der Waals surface area contributed by atoms with Gasteiger partial charge in [0.25, 0.3) is 0 Å². The molecular formula is C6H7IOSi. The van der Waals surface area contributed by atoms with Crippen molar-refractivity contribution < 1.29 is 5.11 Å². The van der Waals surface area contributed by atoms with E-state index in [-0.39, 0.29) is 0 Å². The summed E-state index contributed by atoms with van der Waals surface area (Å²) in [7, 11) is 1.01. The van der Waals surface area contributed by atoms with Crippen molar-refractivity contribution in [3.05, 3.63) is 21.8 Å². The molecule has 0 aromatic heterocycles. The van der Waals surface area contributed by atoms with Crippen molar-refractivity contribution in [1.29, 1.82) is 0 Å². The van der Waals surface area contributed by atoms with Crippen molar-refractivity contribution in [3.63, 3.8) is 0 Å². The van der Waals surface area contributed by atoms with Crippen LogP contribution in [0.1, 0.15) is 0 Å². The van der Waals surface area contributed by atoms with E-state index >= 15 is 0 Å². The zero-order chi connectivity index (χ0) is 6.85.